The van der Waals surface area contributed by atoms with Crippen LogP contribution < -0.4 is 5.32 Å². The van der Waals surface area contributed by atoms with Gasteiger partial charge in [-0.25, -0.2) is 8.42 Å². The number of likely N-dealkylation sites (N-methyl/N-ethyl adjacent to an activating group) is 1. The summed E-state index contributed by atoms with van der Waals surface area (Å²) in [6, 6.07) is 0. The van der Waals surface area contributed by atoms with E-state index in [-0.39, 0.29) is 11.1 Å². The fraction of sp³-hybridized carbons (Fsp3) is 1.00. The highest BCUT2D eigenvalue weighted by Gasteiger charge is 2.32. The smallest absolute Gasteiger partial charge is 0.166 e. The minimum absolute atomic E-state index is 0.246. The van der Waals surface area contributed by atoms with E-state index in [2.05, 4.69) is 17.1 Å². The highest BCUT2D eigenvalue weighted by molar-refractivity contribution is 8.01. The Labute approximate surface area is 103 Å². The zero-order valence-corrected chi connectivity index (χ0v) is 11.7. The molecule has 0 amide bonds. The van der Waals surface area contributed by atoms with Gasteiger partial charge in [-0.2, -0.15) is 11.8 Å². The van der Waals surface area contributed by atoms with Crippen LogP contribution in [0.25, 0.3) is 0 Å². The largest absolute Gasteiger partial charge is 0.316 e. The maximum Gasteiger partial charge on any atom is 0.166 e. The van der Waals surface area contributed by atoms with Gasteiger partial charge in [-0.05, 0) is 6.54 Å². The van der Waals surface area contributed by atoms with Crippen molar-refractivity contribution in [2.45, 2.75) is 19.2 Å². The van der Waals surface area contributed by atoms with E-state index in [1.165, 1.54) is 0 Å². The number of sulfone groups is 1. The Balaban J connectivity index is 2.57. The van der Waals surface area contributed by atoms with Crippen LogP contribution >= 0.6 is 11.8 Å². The third-order valence-electron chi connectivity index (χ3n) is 2.83. The van der Waals surface area contributed by atoms with Gasteiger partial charge in [-0.3, -0.25) is 4.90 Å². The van der Waals surface area contributed by atoms with E-state index in [0.29, 0.717) is 0 Å². The molecule has 0 saturated carbocycles. The third kappa shape index (κ3) is 3.91. The van der Waals surface area contributed by atoms with Crippen molar-refractivity contribution in [3.8, 4) is 0 Å². The molecule has 1 rings (SSSR count). The van der Waals surface area contributed by atoms with E-state index < -0.39 is 9.84 Å². The SMILES string of the molecule is CCNCCN1CCSCC1S(=O)(=O)CC. The number of rotatable bonds is 6. The van der Waals surface area contributed by atoms with Crippen LogP contribution in [-0.4, -0.2) is 62.1 Å². The van der Waals surface area contributed by atoms with Crippen LogP contribution in [0.15, 0.2) is 0 Å². The van der Waals surface area contributed by atoms with Gasteiger partial charge in [-0.1, -0.05) is 13.8 Å². The van der Waals surface area contributed by atoms with Crippen LogP contribution in [0.1, 0.15) is 13.8 Å². The molecular formula is C10H22N2O2S2. The molecule has 0 aromatic rings. The summed E-state index contributed by atoms with van der Waals surface area (Å²) >= 11 is 1.75. The lowest BCUT2D eigenvalue weighted by Gasteiger charge is -2.34. The third-order valence-corrected chi connectivity index (χ3v) is 6.17. The molecule has 96 valence electrons. The fourth-order valence-corrected chi connectivity index (χ4v) is 4.90. The molecule has 4 nitrogen and oxygen atoms in total. The summed E-state index contributed by atoms with van der Waals surface area (Å²) in [6.45, 7) is 7.33. The molecule has 0 aromatic carbocycles. The summed E-state index contributed by atoms with van der Waals surface area (Å²) in [5, 5.41) is 2.97. The average molecular weight is 266 g/mol. The lowest BCUT2D eigenvalue weighted by molar-refractivity contribution is 0.270. The number of hydrogen-bond donors (Lipinski definition) is 1. The second kappa shape index (κ2) is 6.83. The first-order valence-electron chi connectivity index (χ1n) is 5.86. The molecule has 1 aliphatic rings. The van der Waals surface area contributed by atoms with Crippen LogP contribution in [0, 0.1) is 0 Å². The monoisotopic (exact) mass is 266 g/mol. The number of hydrogen-bond acceptors (Lipinski definition) is 5. The van der Waals surface area contributed by atoms with Gasteiger partial charge in [-0.15, -0.1) is 0 Å². The summed E-state index contributed by atoms with van der Waals surface area (Å²) in [5.74, 6) is 2.01. The molecule has 1 saturated heterocycles. The van der Waals surface area contributed by atoms with Crippen molar-refractivity contribution in [1.82, 2.24) is 10.2 Å². The molecular weight excluding hydrogens is 244 g/mol. The molecule has 1 fully saturated rings. The van der Waals surface area contributed by atoms with Gasteiger partial charge in [0.15, 0.2) is 9.84 Å². The van der Waals surface area contributed by atoms with Crippen LogP contribution in [0.2, 0.25) is 0 Å². The van der Waals surface area contributed by atoms with Crippen LogP contribution in [0.3, 0.4) is 0 Å². The molecule has 0 radical (unpaired) electrons. The zero-order valence-electron chi connectivity index (χ0n) is 10.1. The molecule has 6 heteroatoms. The molecule has 1 aliphatic heterocycles. The van der Waals surface area contributed by atoms with Gasteiger partial charge >= 0.3 is 0 Å². The Morgan fingerprint density at radius 2 is 2.19 bits per heavy atom. The first kappa shape index (κ1) is 14.3. The van der Waals surface area contributed by atoms with E-state index in [1.807, 2.05) is 0 Å². The molecule has 0 spiro atoms. The minimum atomic E-state index is -2.93. The van der Waals surface area contributed by atoms with E-state index in [4.69, 9.17) is 0 Å². The summed E-state index contributed by atoms with van der Waals surface area (Å²) in [7, 11) is -2.93. The zero-order chi connectivity index (χ0) is 12.0. The summed E-state index contributed by atoms with van der Waals surface area (Å²) in [5.41, 5.74) is 0. The molecule has 1 unspecified atom stereocenters. The predicted molar refractivity (Wildman–Crippen MR) is 70.7 cm³/mol. The minimum Gasteiger partial charge on any atom is -0.316 e. The second-order valence-electron chi connectivity index (χ2n) is 3.87. The van der Waals surface area contributed by atoms with E-state index in [1.54, 1.807) is 18.7 Å². The Kier molecular flexibility index (Phi) is 6.10. The fourth-order valence-electron chi connectivity index (χ4n) is 1.79. The Morgan fingerprint density at radius 3 is 2.81 bits per heavy atom. The molecule has 0 bridgehead atoms. The van der Waals surface area contributed by atoms with Crippen molar-refractivity contribution >= 4 is 21.6 Å². The van der Waals surface area contributed by atoms with Crippen LogP contribution in [0.5, 0.6) is 0 Å². The molecule has 16 heavy (non-hydrogen) atoms. The summed E-state index contributed by atoms with van der Waals surface area (Å²) < 4.78 is 23.8. The maximum absolute atomic E-state index is 11.9. The van der Waals surface area contributed by atoms with Gasteiger partial charge in [0.1, 0.15) is 5.37 Å². The lowest BCUT2D eigenvalue weighted by atomic mass is 10.4. The topological polar surface area (TPSA) is 49.4 Å². The van der Waals surface area contributed by atoms with E-state index in [0.717, 1.165) is 37.7 Å². The predicted octanol–water partition coefficient (Wildman–Crippen LogP) is 0.406. The summed E-state index contributed by atoms with van der Waals surface area (Å²) in [6.07, 6.45) is 0. The number of nitrogens with zero attached hydrogens (tertiary/aromatic N) is 1. The number of thioether (sulfide) groups is 1. The number of nitrogens with one attached hydrogen (secondary N) is 1. The van der Waals surface area contributed by atoms with Crippen molar-refractivity contribution < 1.29 is 8.42 Å². The van der Waals surface area contributed by atoms with Gasteiger partial charge in [0.2, 0.25) is 0 Å². The molecule has 0 aromatic heterocycles. The molecule has 0 aliphatic carbocycles. The molecule has 1 N–H and O–H groups in total. The highest BCUT2D eigenvalue weighted by Crippen LogP contribution is 2.20. The van der Waals surface area contributed by atoms with Crippen molar-refractivity contribution in [2.24, 2.45) is 0 Å². The van der Waals surface area contributed by atoms with Crippen molar-refractivity contribution in [3.63, 3.8) is 0 Å². The van der Waals surface area contributed by atoms with Gasteiger partial charge < -0.3 is 5.32 Å². The van der Waals surface area contributed by atoms with Crippen molar-refractivity contribution in [1.29, 1.82) is 0 Å². The Morgan fingerprint density at radius 1 is 1.44 bits per heavy atom. The quantitative estimate of drug-likeness (QED) is 0.706. The standard InChI is InChI=1S/C10H22N2O2S2/c1-3-11-5-6-12-7-8-15-9-10(12)16(13,14)4-2/h10-11H,3-9H2,1-2H3. The highest BCUT2D eigenvalue weighted by atomic mass is 32.2. The average Bonchev–Trinajstić information content (AvgIpc) is 2.30. The van der Waals surface area contributed by atoms with Crippen molar-refractivity contribution in [2.75, 3.05) is 43.4 Å². The van der Waals surface area contributed by atoms with Gasteiger partial charge in [0.05, 0.1) is 0 Å². The second-order valence-corrected chi connectivity index (χ2v) is 7.47. The molecule has 1 atom stereocenters. The van der Waals surface area contributed by atoms with E-state index in [9.17, 15) is 8.42 Å². The normalized spacial score (nSPS) is 23.5. The first-order chi connectivity index (χ1) is 7.61. The Hall–Kier alpha value is 0.220. The van der Waals surface area contributed by atoms with Gasteiger partial charge in [0.25, 0.3) is 0 Å². The summed E-state index contributed by atoms with van der Waals surface area (Å²) in [4.78, 5) is 2.11. The maximum atomic E-state index is 11.9. The van der Waals surface area contributed by atoms with Crippen LogP contribution in [-0.2, 0) is 9.84 Å². The Bertz CT molecular complexity index is 293. The van der Waals surface area contributed by atoms with Gasteiger partial charge in [0, 0.05) is 36.9 Å². The lowest BCUT2D eigenvalue weighted by Crippen LogP contribution is -2.49. The molecule has 1 heterocycles. The first-order valence-corrected chi connectivity index (χ1v) is 8.73. The van der Waals surface area contributed by atoms with Crippen LogP contribution in [0.4, 0.5) is 0 Å². The van der Waals surface area contributed by atoms with E-state index >= 15 is 0 Å². The van der Waals surface area contributed by atoms with Crippen molar-refractivity contribution in [3.05, 3.63) is 0 Å².